The summed E-state index contributed by atoms with van der Waals surface area (Å²) < 4.78 is 5.36. The van der Waals surface area contributed by atoms with Gasteiger partial charge in [-0.1, -0.05) is 19.4 Å². The van der Waals surface area contributed by atoms with Crippen LogP contribution in [0.1, 0.15) is 38.2 Å². The van der Waals surface area contributed by atoms with Crippen molar-refractivity contribution in [3.8, 4) is 5.88 Å². The highest BCUT2D eigenvalue weighted by Crippen LogP contribution is 2.17. The first-order valence-electron chi connectivity index (χ1n) is 7.77. The van der Waals surface area contributed by atoms with Gasteiger partial charge in [0.05, 0.1) is 7.11 Å². The van der Waals surface area contributed by atoms with Gasteiger partial charge in [0, 0.05) is 30.9 Å². The van der Waals surface area contributed by atoms with Crippen molar-refractivity contribution < 1.29 is 4.74 Å². The highest BCUT2D eigenvalue weighted by atomic mass is 16.5. The van der Waals surface area contributed by atoms with Gasteiger partial charge in [-0.2, -0.15) is 0 Å². The van der Waals surface area contributed by atoms with Gasteiger partial charge in [0.1, 0.15) is 0 Å². The monoisotopic (exact) mass is 277 g/mol. The van der Waals surface area contributed by atoms with Gasteiger partial charge in [-0.25, -0.2) is 4.98 Å². The molecule has 112 valence electrons. The molecule has 1 saturated heterocycles. The van der Waals surface area contributed by atoms with Crippen LogP contribution in [0.5, 0.6) is 5.88 Å². The Balaban J connectivity index is 1.96. The average Bonchev–Trinajstić information content (AvgIpc) is 2.49. The molecule has 0 radical (unpaired) electrons. The van der Waals surface area contributed by atoms with Crippen molar-refractivity contribution in [3.05, 3.63) is 23.9 Å². The summed E-state index contributed by atoms with van der Waals surface area (Å²) in [4.78, 5) is 6.81. The van der Waals surface area contributed by atoms with Crippen LogP contribution >= 0.6 is 0 Å². The number of aromatic nitrogens is 1. The van der Waals surface area contributed by atoms with E-state index in [-0.39, 0.29) is 0 Å². The highest BCUT2D eigenvalue weighted by Gasteiger charge is 2.17. The molecule has 0 amide bonds. The smallest absolute Gasteiger partial charge is 0.217 e. The molecule has 1 aliphatic rings. The van der Waals surface area contributed by atoms with Gasteiger partial charge in [-0.15, -0.1) is 0 Å². The molecular weight excluding hydrogens is 250 g/mol. The van der Waals surface area contributed by atoms with Crippen LogP contribution in [0.4, 0.5) is 0 Å². The third-order valence-corrected chi connectivity index (χ3v) is 3.87. The van der Waals surface area contributed by atoms with Crippen LogP contribution in [0.15, 0.2) is 18.3 Å². The van der Waals surface area contributed by atoms with Gasteiger partial charge in [0.2, 0.25) is 5.88 Å². The Morgan fingerprint density at radius 1 is 1.45 bits per heavy atom. The molecule has 2 rings (SSSR count). The van der Waals surface area contributed by atoms with E-state index in [2.05, 4.69) is 28.2 Å². The SMILES string of the molecule is CCCN(Cc1cccnc1OC)CC1CCCCN1. The lowest BCUT2D eigenvalue weighted by Crippen LogP contribution is -2.43. The Hall–Kier alpha value is -1.13. The second kappa shape index (κ2) is 8.22. The van der Waals surface area contributed by atoms with Crippen molar-refractivity contribution in [1.29, 1.82) is 0 Å². The summed E-state index contributed by atoms with van der Waals surface area (Å²) in [5, 5.41) is 3.63. The maximum Gasteiger partial charge on any atom is 0.217 e. The summed E-state index contributed by atoms with van der Waals surface area (Å²) in [6, 6.07) is 4.74. The molecule has 4 heteroatoms. The Morgan fingerprint density at radius 2 is 2.35 bits per heavy atom. The van der Waals surface area contributed by atoms with Crippen molar-refractivity contribution in [2.75, 3.05) is 26.7 Å². The minimum Gasteiger partial charge on any atom is -0.481 e. The first kappa shape index (κ1) is 15.3. The predicted octanol–water partition coefficient (Wildman–Crippen LogP) is 2.44. The molecule has 1 aromatic heterocycles. The van der Waals surface area contributed by atoms with Crippen molar-refractivity contribution in [2.45, 2.75) is 45.2 Å². The molecule has 1 unspecified atom stereocenters. The Bertz CT molecular complexity index is 391. The molecule has 0 aromatic carbocycles. The second-order valence-electron chi connectivity index (χ2n) is 5.55. The summed E-state index contributed by atoms with van der Waals surface area (Å²) in [7, 11) is 1.69. The van der Waals surface area contributed by atoms with Crippen LogP contribution < -0.4 is 10.1 Å². The van der Waals surface area contributed by atoms with Gasteiger partial charge in [-0.05, 0) is 38.4 Å². The second-order valence-corrected chi connectivity index (χ2v) is 5.55. The molecule has 0 aliphatic carbocycles. The summed E-state index contributed by atoms with van der Waals surface area (Å²) in [6.07, 6.45) is 6.93. The van der Waals surface area contributed by atoms with E-state index in [1.165, 1.54) is 37.8 Å². The third kappa shape index (κ3) is 4.46. The van der Waals surface area contributed by atoms with E-state index < -0.39 is 0 Å². The number of piperidine rings is 1. The number of hydrogen-bond donors (Lipinski definition) is 1. The van der Waals surface area contributed by atoms with E-state index in [0.29, 0.717) is 6.04 Å². The van der Waals surface area contributed by atoms with Gasteiger partial charge < -0.3 is 10.1 Å². The molecule has 1 N–H and O–H groups in total. The standard InChI is InChI=1S/C16H27N3O/c1-3-11-19(13-15-8-4-5-9-17-15)12-14-7-6-10-18-16(14)20-2/h6-7,10,15,17H,3-5,8-9,11-13H2,1-2H3. The molecule has 1 fully saturated rings. The minimum atomic E-state index is 0.637. The molecule has 1 aromatic rings. The van der Waals surface area contributed by atoms with Crippen LogP contribution in [0, 0.1) is 0 Å². The first-order valence-corrected chi connectivity index (χ1v) is 7.77. The number of nitrogens with one attached hydrogen (secondary N) is 1. The van der Waals surface area contributed by atoms with Gasteiger partial charge in [-0.3, -0.25) is 4.90 Å². The lowest BCUT2D eigenvalue weighted by Gasteiger charge is -2.30. The zero-order valence-corrected chi connectivity index (χ0v) is 12.8. The number of hydrogen-bond acceptors (Lipinski definition) is 4. The molecule has 0 bridgehead atoms. The van der Waals surface area contributed by atoms with E-state index in [9.17, 15) is 0 Å². The summed E-state index contributed by atoms with van der Waals surface area (Å²) in [5.41, 5.74) is 1.18. The lowest BCUT2D eigenvalue weighted by atomic mass is 10.0. The zero-order chi connectivity index (χ0) is 14.2. The minimum absolute atomic E-state index is 0.637. The fourth-order valence-corrected chi connectivity index (χ4v) is 2.91. The maximum absolute atomic E-state index is 5.36. The molecule has 20 heavy (non-hydrogen) atoms. The Labute approximate surface area is 122 Å². The highest BCUT2D eigenvalue weighted by molar-refractivity contribution is 5.25. The number of ether oxygens (including phenoxy) is 1. The predicted molar refractivity (Wildman–Crippen MR) is 82.0 cm³/mol. The molecule has 1 aliphatic heterocycles. The normalized spacial score (nSPS) is 19.2. The van der Waals surface area contributed by atoms with E-state index in [4.69, 9.17) is 4.74 Å². The van der Waals surface area contributed by atoms with Gasteiger partial charge in [0.15, 0.2) is 0 Å². The maximum atomic E-state index is 5.36. The average molecular weight is 277 g/mol. The third-order valence-electron chi connectivity index (χ3n) is 3.87. The van der Waals surface area contributed by atoms with E-state index in [1.54, 1.807) is 13.3 Å². The number of methoxy groups -OCH3 is 1. The van der Waals surface area contributed by atoms with Crippen LogP contribution in [-0.4, -0.2) is 42.7 Å². The van der Waals surface area contributed by atoms with Crippen molar-refractivity contribution in [3.63, 3.8) is 0 Å². The number of rotatable bonds is 7. The van der Waals surface area contributed by atoms with Crippen LogP contribution in [0.2, 0.25) is 0 Å². The van der Waals surface area contributed by atoms with Gasteiger partial charge in [0.25, 0.3) is 0 Å². The first-order chi connectivity index (χ1) is 9.83. The Morgan fingerprint density at radius 3 is 3.05 bits per heavy atom. The van der Waals surface area contributed by atoms with E-state index in [1.807, 2.05) is 6.07 Å². The van der Waals surface area contributed by atoms with Crippen LogP contribution in [-0.2, 0) is 6.54 Å². The summed E-state index contributed by atoms with van der Waals surface area (Å²) in [5.74, 6) is 0.755. The fourth-order valence-electron chi connectivity index (χ4n) is 2.91. The molecule has 4 nitrogen and oxygen atoms in total. The van der Waals surface area contributed by atoms with E-state index in [0.717, 1.165) is 25.5 Å². The molecular formula is C16H27N3O. The topological polar surface area (TPSA) is 37.4 Å². The summed E-state index contributed by atoms with van der Waals surface area (Å²) >= 11 is 0. The lowest BCUT2D eigenvalue weighted by molar-refractivity contribution is 0.214. The van der Waals surface area contributed by atoms with E-state index >= 15 is 0 Å². The van der Waals surface area contributed by atoms with Gasteiger partial charge >= 0.3 is 0 Å². The largest absolute Gasteiger partial charge is 0.481 e. The molecule has 0 spiro atoms. The summed E-state index contributed by atoms with van der Waals surface area (Å²) in [6.45, 7) is 6.56. The quantitative estimate of drug-likeness (QED) is 0.830. The number of nitrogens with zero attached hydrogens (tertiary/aromatic N) is 2. The fraction of sp³-hybridized carbons (Fsp3) is 0.688. The van der Waals surface area contributed by atoms with Crippen LogP contribution in [0.25, 0.3) is 0 Å². The number of pyridine rings is 1. The Kier molecular flexibility index (Phi) is 6.27. The zero-order valence-electron chi connectivity index (χ0n) is 12.8. The molecule has 0 saturated carbocycles. The van der Waals surface area contributed by atoms with Crippen LogP contribution in [0.3, 0.4) is 0 Å². The molecule has 2 heterocycles. The van der Waals surface area contributed by atoms with Crippen molar-refractivity contribution in [1.82, 2.24) is 15.2 Å². The van der Waals surface area contributed by atoms with Crippen molar-refractivity contribution in [2.24, 2.45) is 0 Å². The molecule has 1 atom stereocenters. The van der Waals surface area contributed by atoms with Crippen molar-refractivity contribution >= 4 is 0 Å².